The number of aryl methyl sites for hydroxylation is 1. The number of hydrogen-bond donors (Lipinski definition) is 0. The number of rotatable bonds is 1. The predicted octanol–water partition coefficient (Wildman–Crippen LogP) is 5.14. The minimum Gasteiger partial charge on any atom is -0.456 e. The summed E-state index contributed by atoms with van der Waals surface area (Å²) < 4.78 is 6.83. The van der Waals surface area contributed by atoms with Gasteiger partial charge < -0.3 is 4.42 Å². The molecule has 0 atom stereocenters. The lowest BCUT2D eigenvalue weighted by Gasteiger charge is -2.05. The summed E-state index contributed by atoms with van der Waals surface area (Å²) in [5, 5.41) is 1.00. The molecular weight excluding hydrogens is 240 g/mol. The molecule has 0 unspecified atom stereocenters. The van der Waals surface area contributed by atoms with Crippen LogP contribution in [-0.4, -0.2) is 0 Å². The summed E-state index contributed by atoms with van der Waals surface area (Å²) in [6.45, 7) is 2.04. The predicted molar refractivity (Wildman–Crippen MR) is 77.2 cm³/mol. The van der Waals surface area contributed by atoms with Crippen molar-refractivity contribution in [3.63, 3.8) is 0 Å². The maximum absolute atomic E-state index is 5.99. The molecule has 1 nitrogen and oxygen atoms in total. The first-order valence-corrected chi connectivity index (χ1v) is 6.25. The highest BCUT2D eigenvalue weighted by Gasteiger charge is 2.06. The van der Waals surface area contributed by atoms with Crippen molar-refractivity contribution >= 4 is 23.2 Å². The molecule has 0 spiro atoms. The Morgan fingerprint density at radius 3 is 2.50 bits per heavy atom. The summed E-state index contributed by atoms with van der Waals surface area (Å²) in [6, 6.07) is 18.0. The Hall–Kier alpha value is -1.93. The van der Waals surface area contributed by atoms with Crippen molar-refractivity contribution in [1.82, 2.24) is 0 Å². The quantitative estimate of drug-likeness (QED) is 0.556. The largest absolute Gasteiger partial charge is 0.456 e. The Morgan fingerprint density at radius 1 is 0.944 bits per heavy atom. The van der Waals surface area contributed by atoms with E-state index in [1.54, 1.807) is 0 Å². The molecule has 0 aliphatic rings. The van der Waals surface area contributed by atoms with Gasteiger partial charge in [0.15, 0.2) is 0 Å². The van der Waals surface area contributed by atoms with E-state index in [0.717, 1.165) is 32.4 Å². The summed E-state index contributed by atoms with van der Waals surface area (Å²) in [7, 11) is 0. The number of benzene rings is 2. The monoisotopic (exact) mass is 252 g/mol. The van der Waals surface area contributed by atoms with Gasteiger partial charge in [-0.25, -0.2) is 0 Å². The average Bonchev–Trinajstić information content (AvgIpc) is 2.41. The van der Waals surface area contributed by atoms with Gasteiger partial charge in [0.1, 0.15) is 11.3 Å². The lowest BCUT2D eigenvalue weighted by Crippen LogP contribution is -1.83. The van der Waals surface area contributed by atoms with E-state index in [0.29, 0.717) is 0 Å². The Balaban J connectivity index is 2.34. The topological polar surface area (TPSA) is 13.1 Å². The van der Waals surface area contributed by atoms with E-state index in [-0.39, 0.29) is 0 Å². The Labute approximate surface area is 111 Å². The minimum absolute atomic E-state index is 0.822. The van der Waals surface area contributed by atoms with Crippen LogP contribution in [0.5, 0.6) is 0 Å². The molecule has 18 heavy (non-hydrogen) atoms. The molecule has 3 aromatic rings. The maximum atomic E-state index is 5.99. The highest BCUT2D eigenvalue weighted by atomic mass is 32.1. The molecule has 0 radical (unpaired) electrons. The van der Waals surface area contributed by atoms with Gasteiger partial charge in [-0.3, -0.25) is 0 Å². The van der Waals surface area contributed by atoms with Gasteiger partial charge >= 0.3 is 0 Å². The molecule has 2 heteroatoms. The summed E-state index contributed by atoms with van der Waals surface area (Å²) in [5.74, 6) is 0.822. The van der Waals surface area contributed by atoms with E-state index in [2.05, 4.69) is 0 Å². The molecule has 0 bridgehead atoms. The van der Waals surface area contributed by atoms with Crippen molar-refractivity contribution in [3.05, 3.63) is 64.7 Å². The third-order valence-corrected chi connectivity index (χ3v) is 3.35. The summed E-state index contributed by atoms with van der Waals surface area (Å²) >= 11 is 5.44. The summed E-state index contributed by atoms with van der Waals surface area (Å²) in [6.07, 6.45) is 0. The summed E-state index contributed by atoms with van der Waals surface area (Å²) in [5.41, 5.74) is 3.04. The Morgan fingerprint density at radius 2 is 1.72 bits per heavy atom. The zero-order valence-corrected chi connectivity index (χ0v) is 10.8. The maximum Gasteiger partial charge on any atom is 0.139 e. The molecule has 1 heterocycles. The molecule has 0 aliphatic carbocycles. The zero-order valence-electron chi connectivity index (χ0n) is 10.0. The molecule has 3 rings (SSSR count). The van der Waals surface area contributed by atoms with Gasteiger partial charge in [-0.15, -0.1) is 0 Å². The van der Waals surface area contributed by atoms with Crippen LogP contribution in [0.25, 0.3) is 22.3 Å². The summed E-state index contributed by atoms with van der Waals surface area (Å²) in [4.78, 5) is 0. The SMILES string of the molecule is Cc1cccc2c(=S)cc(-c3ccccc3)oc12. The molecule has 88 valence electrons. The van der Waals surface area contributed by atoms with Crippen LogP contribution in [0.1, 0.15) is 5.56 Å². The average molecular weight is 252 g/mol. The Kier molecular flexibility index (Phi) is 2.73. The smallest absolute Gasteiger partial charge is 0.139 e. The first-order valence-electron chi connectivity index (χ1n) is 5.84. The first kappa shape index (κ1) is 11.2. The van der Waals surface area contributed by atoms with Gasteiger partial charge in [-0.2, -0.15) is 0 Å². The van der Waals surface area contributed by atoms with Crippen molar-refractivity contribution in [2.24, 2.45) is 0 Å². The molecule has 1 aromatic heterocycles. The lowest BCUT2D eigenvalue weighted by molar-refractivity contribution is 0.617. The second kappa shape index (κ2) is 4.39. The fourth-order valence-corrected chi connectivity index (χ4v) is 2.33. The number of fused-ring (bicyclic) bond motifs is 1. The van der Waals surface area contributed by atoms with E-state index in [9.17, 15) is 0 Å². The van der Waals surface area contributed by atoms with Crippen LogP contribution in [0.2, 0.25) is 0 Å². The van der Waals surface area contributed by atoms with E-state index >= 15 is 0 Å². The van der Waals surface area contributed by atoms with Gasteiger partial charge in [0.05, 0.1) is 4.51 Å². The molecule has 0 aliphatic heterocycles. The fraction of sp³-hybridized carbons (Fsp3) is 0.0625. The van der Waals surface area contributed by atoms with Crippen molar-refractivity contribution in [3.8, 4) is 11.3 Å². The van der Waals surface area contributed by atoms with Gasteiger partial charge in [0.25, 0.3) is 0 Å². The molecular formula is C16H12OS. The van der Waals surface area contributed by atoms with Crippen molar-refractivity contribution < 1.29 is 4.42 Å². The van der Waals surface area contributed by atoms with Gasteiger partial charge in [-0.05, 0) is 18.6 Å². The van der Waals surface area contributed by atoms with Crippen LogP contribution in [0.15, 0.2) is 59.0 Å². The van der Waals surface area contributed by atoms with E-state index in [4.69, 9.17) is 16.6 Å². The standard InChI is InChI=1S/C16H12OS/c1-11-6-5-9-13-15(18)10-14(17-16(11)13)12-7-3-2-4-8-12/h2-10H,1H3. The van der Waals surface area contributed by atoms with Crippen LogP contribution in [-0.2, 0) is 0 Å². The van der Waals surface area contributed by atoms with Crippen LogP contribution >= 0.6 is 12.2 Å². The molecule has 0 saturated carbocycles. The van der Waals surface area contributed by atoms with Crippen molar-refractivity contribution in [2.75, 3.05) is 0 Å². The van der Waals surface area contributed by atoms with E-state index in [1.807, 2.05) is 61.5 Å². The van der Waals surface area contributed by atoms with Crippen molar-refractivity contribution in [1.29, 1.82) is 0 Å². The van der Waals surface area contributed by atoms with Gasteiger partial charge in [0, 0.05) is 17.0 Å². The molecule has 0 N–H and O–H groups in total. The van der Waals surface area contributed by atoms with Crippen molar-refractivity contribution in [2.45, 2.75) is 6.92 Å². The van der Waals surface area contributed by atoms with Crippen LogP contribution in [0.4, 0.5) is 0 Å². The van der Waals surface area contributed by atoms with E-state index < -0.39 is 0 Å². The molecule has 0 fully saturated rings. The van der Waals surface area contributed by atoms with Gasteiger partial charge in [0.2, 0.25) is 0 Å². The first-order chi connectivity index (χ1) is 8.75. The molecule has 0 saturated heterocycles. The Bertz CT molecular complexity index is 757. The van der Waals surface area contributed by atoms with Crippen LogP contribution < -0.4 is 0 Å². The van der Waals surface area contributed by atoms with Crippen LogP contribution in [0.3, 0.4) is 0 Å². The fourth-order valence-electron chi connectivity index (χ4n) is 2.06. The molecule has 0 amide bonds. The minimum atomic E-state index is 0.822. The van der Waals surface area contributed by atoms with Crippen LogP contribution in [0, 0.1) is 11.4 Å². The number of hydrogen-bond acceptors (Lipinski definition) is 2. The second-order valence-corrected chi connectivity index (χ2v) is 4.73. The third-order valence-electron chi connectivity index (χ3n) is 3.01. The number of para-hydroxylation sites is 1. The highest BCUT2D eigenvalue weighted by molar-refractivity contribution is 7.71. The van der Waals surface area contributed by atoms with E-state index in [1.165, 1.54) is 0 Å². The second-order valence-electron chi connectivity index (χ2n) is 4.29. The lowest BCUT2D eigenvalue weighted by atomic mass is 10.1. The normalized spacial score (nSPS) is 10.7. The highest BCUT2D eigenvalue weighted by Crippen LogP contribution is 2.27. The van der Waals surface area contributed by atoms with Gasteiger partial charge in [-0.1, -0.05) is 54.7 Å². The zero-order chi connectivity index (χ0) is 12.5. The molecule has 2 aromatic carbocycles. The third kappa shape index (κ3) is 1.85.